The summed E-state index contributed by atoms with van der Waals surface area (Å²) in [5, 5.41) is 2.09. The SMILES string of the molecule is CC(c1cccs1)N(C)CC(C)(C)C=O. The summed E-state index contributed by atoms with van der Waals surface area (Å²) in [5.74, 6) is 0. The second kappa shape index (κ2) is 4.90. The first-order valence-electron chi connectivity index (χ1n) is 5.16. The van der Waals surface area contributed by atoms with Crippen molar-refractivity contribution in [2.24, 2.45) is 5.41 Å². The maximum atomic E-state index is 10.8. The molecule has 0 amide bonds. The van der Waals surface area contributed by atoms with Crippen molar-refractivity contribution >= 4 is 17.6 Å². The van der Waals surface area contributed by atoms with E-state index in [-0.39, 0.29) is 5.41 Å². The summed E-state index contributed by atoms with van der Waals surface area (Å²) in [4.78, 5) is 14.4. The van der Waals surface area contributed by atoms with Crippen LogP contribution in [0.4, 0.5) is 0 Å². The number of hydrogen-bond acceptors (Lipinski definition) is 3. The lowest BCUT2D eigenvalue weighted by atomic mass is 9.94. The molecule has 0 radical (unpaired) electrons. The fourth-order valence-corrected chi connectivity index (χ4v) is 2.41. The van der Waals surface area contributed by atoms with Crippen molar-refractivity contribution in [1.29, 1.82) is 0 Å². The molecule has 1 atom stereocenters. The molecule has 1 rings (SSSR count). The standard InChI is InChI=1S/C12H19NOS/c1-10(11-6-5-7-15-11)13(4)8-12(2,3)9-14/h5-7,9-10H,8H2,1-4H3. The Kier molecular flexibility index (Phi) is 4.05. The lowest BCUT2D eigenvalue weighted by Gasteiger charge is -2.29. The molecule has 0 saturated carbocycles. The zero-order valence-electron chi connectivity index (χ0n) is 9.86. The fraction of sp³-hybridized carbons (Fsp3) is 0.583. The van der Waals surface area contributed by atoms with Gasteiger partial charge in [-0.25, -0.2) is 0 Å². The summed E-state index contributed by atoms with van der Waals surface area (Å²) in [6, 6.07) is 4.58. The number of hydrogen-bond donors (Lipinski definition) is 0. The van der Waals surface area contributed by atoms with Gasteiger partial charge < -0.3 is 4.79 Å². The van der Waals surface area contributed by atoms with Crippen LogP contribution >= 0.6 is 11.3 Å². The van der Waals surface area contributed by atoms with Gasteiger partial charge in [-0.05, 0) is 25.4 Å². The van der Waals surface area contributed by atoms with Crippen LogP contribution in [0.2, 0.25) is 0 Å². The van der Waals surface area contributed by atoms with Crippen LogP contribution in [0.15, 0.2) is 17.5 Å². The molecular weight excluding hydrogens is 206 g/mol. The van der Waals surface area contributed by atoms with Crippen LogP contribution in [0.3, 0.4) is 0 Å². The summed E-state index contributed by atoms with van der Waals surface area (Å²) < 4.78 is 0. The first-order chi connectivity index (χ1) is 6.96. The van der Waals surface area contributed by atoms with Gasteiger partial charge in [0, 0.05) is 22.9 Å². The fourth-order valence-electron chi connectivity index (χ4n) is 1.56. The van der Waals surface area contributed by atoms with Gasteiger partial charge in [0.1, 0.15) is 6.29 Å². The molecule has 15 heavy (non-hydrogen) atoms. The zero-order chi connectivity index (χ0) is 11.5. The van der Waals surface area contributed by atoms with Crippen molar-refractivity contribution in [3.8, 4) is 0 Å². The van der Waals surface area contributed by atoms with Crippen LogP contribution in [0.1, 0.15) is 31.7 Å². The Bertz CT molecular complexity index is 305. The summed E-state index contributed by atoms with van der Waals surface area (Å²) in [5.41, 5.74) is -0.264. The predicted molar refractivity (Wildman–Crippen MR) is 65.2 cm³/mol. The topological polar surface area (TPSA) is 20.3 Å². The minimum Gasteiger partial charge on any atom is -0.303 e. The number of carbonyl (C=O) groups is 1. The molecule has 0 bridgehead atoms. The van der Waals surface area contributed by atoms with Gasteiger partial charge in [0.2, 0.25) is 0 Å². The van der Waals surface area contributed by atoms with Crippen molar-refractivity contribution in [3.63, 3.8) is 0 Å². The molecule has 0 aromatic carbocycles. The summed E-state index contributed by atoms with van der Waals surface area (Å²) in [6.45, 7) is 6.90. The average molecular weight is 225 g/mol. The molecule has 0 N–H and O–H groups in total. The molecule has 1 aromatic heterocycles. The van der Waals surface area contributed by atoms with Gasteiger partial charge in [-0.15, -0.1) is 11.3 Å². The van der Waals surface area contributed by atoms with Crippen LogP contribution in [0.25, 0.3) is 0 Å². The second-order valence-electron chi connectivity index (χ2n) is 4.71. The highest BCUT2D eigenvalue weighted by molar-refractivity contribution is 7.10. The molecule has 0 aliphatic rings. The minimum absolute atomic E-state index is 0.264. The molecule has 0 aliphatic heterocycles. The summed E-state index contributed by atoms with van der Waals surface area (Å²) in [7, 11) is 2.07. The van der Waals surface area contributed by atoms with E-state index in [1.54, 1.807) is 11.3 Å². The van der Waals surface area contributed by atoms with Crippen molar-refractivity contribution in [2.75, 3.05) is 13.6 Å². The van der Waals surface area contributed by atoms with Gasteiger partial charge in [0.05, 0.1) is 0 Å². The Morgan fingerprint density at radius 3 is 2.73 bits per heavy atom. The molecule has 0 fully saturated rings. The molecule has 84 valence electrons. The molecule has 1 heterocycles. The first kappa shape index (κ1) is 12.4. The highest BCUT2D eigenvalue weighted by Crippen LogP contribution is 2.25. The number of rotatable bonds is 5. The smallest absolute Gasteiger partial charge is 0.126 e. The van der Waals surface area contributed by atoms with E-state index in [2.05, 4.69) is 36.4 Å². The van der Waals surface area contributed by atoms with Crippen LogP contribution in [0.5, 0.6) is 0 Å². The van der Waals surface area contributed by atoms with Crippen LogP contribution in [-0.4, -0.2) is 24.8 Å². The maximum Gasteiger partial charge on any atom is 0.126 e. The maximum absolute atomic E-state index is 10.8. The normalized spacial score (nSPS) is 14.2. The van der Waals surface area contributed by atoms with Crippen molar-refractivity contribution in [2.45, 2.75) is 26.8 Å². The van der Waals surface area contributed by atoms with E-state index in [4.69, 9.17) is 0 Å². The quantitative estimate of drug-likeness (QED) is 0.718. The van der Waals surface area contributed by atoms with Gasteiger partial charge in [0.15, 0.2) is 0 Å². The van der Waals surface area contributed by atoms with Crippen molar-refractivity contribution < 1.29 is 4.79 Å². The van der Waals surface area contributed by atoms with E-state index in [1.807, 2.05) is 13.8 Å². The molecule has 2 nitrogen and oxygen atoms in total. The Morgan fingerprint density at radius 1 is 1.60 bits per heavy atom. The van der Waals surface area contributed by atoms with Gasteiger partial charge in [-0.1, -0.05) is 19.9 Å². The lowest BCUT2D eigenvalue weighted by molar-refractivity contribution is -0.115. The third-order valence-electron chi connectivity index (χ3n) is 2.59. The molecule has 0 spiro atoms. The van der Waals surface area contributed by atoms with Gasteiger partial charge in [-0.2, -0.15) is 0 Å². The second-order valence-corrected chi connectivity index (χ2v) is 5.69. The van der Waals surface area contributed by atoms with E-state index < -0.39 is 0 Å². The molecule has 1 unspecified atom stereocenters. The van der Waals surface area contributed by atoms with Crippen molar-refractivity contribution in [3.05, 3.63) is 22.4 Å². The largest absolute Gasteiger partial charge is 0.303 e. The number of aldehydes is 1. The summed E-state index contributed by atoms with van der Waals surface area (Å²) in [6.07, 6.45) is 1.03. The van der Waals surface area contributed by atoms with E-state index in [1.165, 1.54) is 4.88 Å². The summed E-state index contributed by atoms with van der Waals surface area (Å²) >= 11 is 1.76. The van der Waals surface area contributed by atoms with Crippen LogP contribution < -0.4 is 0 Å². The molecule has 3 heteroatoms. The van der Waals surface area contributed by atoms with E-state index in [0.29, 0.717) is 6.04 Å². The Balaban J connectivity index is 2.61. The van der Waals surface area contributed by atoms with E-state index in [0.717, 1.165) is 12.8 Å². The number of thiophene rings is 1. The third kappa shape index (κ3) is 3.43. The Labute approximate surface area is 95.9 Å². The minimum atomic E-state index is -0.264. The monoisotopic (exact) mass is 225 g/mol. The number of carbonyl (C=O) groups excluding carboxylic acids is 1. The zero-order valence-corrected chi connectivity index (χ0v) is 10.7. The number of nitrogens with zero attached hydrogens (tertiary/aromatic N) is 1. The average Bonchev–Trinajstić information content (AvgIpc) is 2.68. The van der Waals surface area contributed by atoms with Gasteiger partial charge in [-0.3, -0.25) is 4.90 Å². The highest BCUT2D eigenvalue weighted by Gasteiger charge is 2.22. The Hall–Kier alpha value is -0.670. The van der Waals surface area contributed by atoms with Gasteiger partial charge in [0.25, 0.3) is 0 Å². The molecule has 0 saturated heterocycles. The van der Waals surface area contributed by atoms with E-state index in [9.17, 15) is 4.79 Å². The molecule has 1 aromatic rings. The van der Waals surface area contributed by atoms with Crippen molar-refractivity contribution in [1.82, 2.24) is 4.90 Å². The molecule has 0 aliphatic carbocycles. The van der Waals surface area contributed by atoms with E-state index >= 15 is 0 Å². The lowest BCUT2D eigenvalue weighted by Crippen LogP contribution is -2.33. The van der Waals surface area contributed by atoms with Gasteiger partial charge >= 0.3 is 0 Å². The Morgan fingerprint density at radius 2 is 2.27 bits per heavy atom. The highest BCUT2D eigenvalue weighted by atomic mass is 32.1. The molecular formula is C12H19NOS. The van der Waals surface area contributed by atoms with Crippen LogP contribution in [0, 0.1) is 5.41 Å². The van der Waals surface area contributed by atoms with Crippen LogP contribution in [-0.2, 0) is 4.79 Å². The first-order valence-corrected chi connectivity index (χ1v) is 6.04. The predicted octanol–water partition coefficient (Wildman–Crippen LogP) is 2.97. The third-order valence-corrected chi connectivity index (χ3v) is 3.63.